The van der Waals surface area contributed by atoms with Crippen LogP contribution in [0.3, 0.4) is 0 Å². The Morgan fingerprint density at radius 3 is 2.84 bits per heavy atom. The van der Waals surface area contributed by atoms with Crippen molar-refractivity contribution in [2.45, 2.75) is 18.6 Å². The summed E-state index contributed by atoms with van der Waals surface area (Å²) in [5.41, 5.74) is 1.00. The van der Waals surface area contributed by atoms with Crippen LogP contribution in [-0.2, 0) is 4.79 Å². The molecule has 1 amide bonds. The lowest BCUT2D eigenvalue weighted by Gasteiger charge is -2.32. The number of amides is 1. The highest BCUT2D eigenvalue weighted by atomic mass is 35.5. The van der Waals surface area contributed by atoms with E-state index < -0.39 is 0 Å². The van der Waals surface area contributed by atoms with E-state index in [0.717, 1.165) is 31.0 Å². The van der Waals surface area contributed by atoms with Crippen LogP contribution in [0.2, 0.25) is 0 Å². The number of carbonyl (C=O) groups excluding carboxylic acids is 1. The molecule has 0 bridgehead atoms. The van der Waals surface area contributed by atoms with Crippen molar-refractivity contribution in [1.29, 1.82) is 0 Å². The number of hydrogen-bond acceptors (Lipinski definition) is 3. The molecule has 0 saturated carbocycles. The molecule has 1 fully saturated rings. The molecule has 1 aliphatic heterocycles. The Kier molecular flexibility index (Phi) is 7.10. The van der Waals surface area contributed by atoms with Gasteiger partial charge in [0, 0.05) is 29.8 Å². The largest absolute Gasteiger partial charge is 0.376 e. The molecule has 1 unspecified atom stereocenters. The van der Waals surface area contributed by atoms with Crippen LogP contribution in [-0.4, -0.2) is 41.4 Å². The van der Waals surface area contributed by atoms with Gasteiger partial charge >= 0.3 is 0 Å². The highest BCUT2D eigenvalue weighted by Crippen LogP contribution is 2.21. The summed E-state index contributed by atoms with van der Waals surface area (Å²) in [4.78, 5) is 14.1. The number of nitrogens with one attached hydrogen (secondary N) is 1. The normalized spacial score (nSPS) is 18.6. The summed E-state index contributed by atoms with van der Waals surface area (Å²) < 4.78 is 0. The second-order valence-electron chi connectivity index (χ2n) is 4.46. The van der Waals surface area contributed by atoms with Gasteiger partial charge in [-0.3, -0.25) is 4.79 Å². The maximum atomic E-state index is 12.1. The zero-order chi connectivity index (χ0) is 12.8. The number of benzene rings is 1. The molecule has 1 aromatic carbocycles. The number of halogens is 1. The van der Waals surface area contributed by atoms with Crippen molar-refractivity contribution < 1.29 is 4.79 Å². The fraction of sp³-hybridized carbons (Fsp3) is 0.500. The predicted octanol–water partition coefficient (Wildman–Crippen LogP) is 2.87. The molecule has 0 spiro atoms. The van der Waals surface area contributed by atoms with E-state index >= 15 is 0 Å². The summed E-state index contributed by atoms with van der Waals surface area (Å²) in [6, 6.07) is 9.87. The Morgan fingerprint density at radius 2 is 2.16 bits per heavy atom. The van der Waals surface area contributed by atoms with Crippen molar-refractivity contribution in [1.82, 2.24) is 4.90 Å². The van der Waals surface area contributed by atoms with Gasteiger partial charge in [-0.25, -0.2) is 0 Å². The Hall–Kier alpha value is -0.870. The van der Waals surface area contributed by atoms with Crippen LogP contribution in [0.1, 0.15) is 13.3 Å². The minimum Gasteiger partial charge on any atom is -0.376 e. The molecule has 1 N–H and O–H groups in total. The van der Waals surface area contributed by atoms with Crippen LogP contribution in [0, 0.1) is 0 Å². The fourth-order valence-electron chi connectivity index (χ4n) is 2.04. The van der Waals surface area contributed by atoms with Gasteiger partial charge in [0.25, 0.3) is 0 Å². The first-order valence-corrected chi connectivity index (χ1v) is 7.52. The van der Waals surface area contributed by atoms with Gasteiger partial charge in [0.1, 0.15) is 0 Å². The van der Waals surface area contributed by atoms with Gasteiger partial charge in [-0.1, -0.05) is 25.1 Å². The maximum Gasteiger partial charge on any atom is 0.241 e. The zero-order valence-corrected chi connectivity index (χ0v) is 12.8. The third kappa shape index (κ3) is 4.96. The average molecular weight is 301 g/mol. The van der Waals surface area contributed by atoms with Gasteiger partial charge in [-0.05, 0) is 18.6 Å². The molecule has 1 aliphatic rings. The molecule has 1 aromatic rings. The minimum absolute atomic E-state index is 0. The summed E-state index contributed by atoms with van der Waals surface area (Å²) in [5, 5.41) is 3.79. The molecule has 106 valence electrons. The van der Waals surface area contributed by atoms with E-state index in [-0.39, 0.29) is 18.3 Å². The lowest BCUT2D eigenvalue weighted by Crippen LogP contribution is -2.44. The van der Waals surface area contributed by atoms with E-state index in [1.54, 1.807) is 0 Å². The van der Waals surface area contributed by atoms with Crippen molar-refractivity contribution >= 4 is 35.8 Å². The molecule has 0 radical (unpaired) electrons. The number of para-hydroxylation sites is 1. The molecule has 5 heteroatoms. The molecule has 1 heterocycles. The monoisotopic (exact) mass is 300 g/mol. The van der Waals surface area contributed by atoms with Crippen LogP contribution >= 0.6 is 24.2 Å². The van der Waals surface area contributed by atoms with Gasteiger partial charge in [-0.15, -0.1) is 12.4 Å². The second kappa shape index (κ2) is 8.33. The standard InChI is InChI=1S/C14H20N2OS.ClH/c1-2-13-11-16(8-9-18-13)14(17)10-15-12-6-4-3-5-7-12;/h3-7,13,15H,2,8-11H2,1H3;1H. The van der Waals surface area contributed by atoms with E-state index in [0.29, 0.717) is 11.8 Å². The summed E-state index contributed by atoms with van der Waals surface area (Å²) >= 11 is 1.98. The molecule has 19 heavy (non-hydrogen) atoms. The molecule has 2 rings (SSSR count). The van der Waals surface area contributed by atoms with Crippen LogP contribution in [0.15, 0.2) is 30.3 Å². The molecule has 0 aliphatic carbocycles. The quantitative estimate of drug-likeness (QED) is 0.928. The lowest BCUT2D eigenvalue weighted by molar-refractivity contribution is -0.129. The Bertz CT molecular complexity index is 388. The summed E-state index contributed by atoms with van der Waals surface area (Å²) in [5.74, 6) is 1.27. The van der Waals surface area contributed by atoms with Crippen molar-refractivity contribution in [3.8, 4) is 0 Å². The van der Waals surface area contributed by atoms with Crippen molar-refractivity contribution in [3.05, 3.63) is 30.3 Å². The highest BCUT2D eigenvalue weighted by Gasteiger charge is 2.22. The lowest BCUT2D eigenvalue weighted by atomic mass is 10.3. The predicted molar refractivity (Wildman–Crippen MR) is 85.3 cm³/mol. The number of hydrogen-bond donors (Lipinski definition) is 1. The molecular weight excluding hydrogens is 280 g/mol. The van der Waals surface area contributed by atoms with E-state index in [9.17, 15) is 4.79 Å². The first-order chi connectivity index (χ1) is 8.79. The minimum atomic E-state index is 0. The molecular formula is C14H21ClN2OS. The molecule has 1 atom stereocenters. The van der Waals surface area contributed by atoms with E-state index in [1.165, 1.54) is 0 Å². The zero-order valence-electron chi connectivity index (χ0n) is 11.2. The third-order valence-electron chi connectivity index (χ3n) is 3.16. The Labute approximate surface area is 125 Å². The van der Waals surface area contributed by atoms with Gasteiger partial charge in [0.15, 0.2) is 0 Å². The smallest absolute Gasteiger partial charge is 0.241 e. The van der Waals surface area contributed by atoms with Crippen LogP contribution in [0.4, 0.5) is 5.69 Å². The van der Waals surface area contributed by atoms with E-state index in [2.05, 4.69) is 12.2 Å². The Morgan fingerprint density at radius 1 is 1.42 bits per heavy atom. The van der Waals surface area contributed by atoms with Crippen molar-refractivity contribution in [3.63, 3.8) is 0 Å². The average Bonchev–Trinajstić information content (AvgIpc) is 2.46. The number of rotatable bonds is 4. The fourth-order valence-corrected chi connectivity index (χ4v) is 3.22. The molecule has 0 aromatic heterocycles. The van der Waals surface area contributed by atoms with E-state index in [1.807, 2.05) is 47.0 Å². The summed E-state index contributed by atoms with van der Waals surface area (Å²) in [6.45, 7) is 4.37. The maximum absolute atomic E-state index is 12.1. The van der Waals surface area contributed by atoms with Crippen LogP contribution in [0.25, 0.3) is 0 Å². The Balaban J connectivity index is 0.00000180. The van der Waals surface area contributed by atoms with Crippen molar-refractivity contribution in [2.75, 3.05) is 30.7 Å². The summed E-state index contributed by atoms with van der Waals surface area (Å²) in [6.07, 6.45) is 1.14. The first kappa shape index (κ1) is 16.2. The topological polar surface area (TPSA) is 32.3 Å². The van der Waals surface area contributed by atoms with Crippen LogP contribution < -0.4 is 5.32 Å². The van der Waals surface area contributed by atoms with Crippen molar-refractivity contribution in [2.24, 2.45) is 0 Å². The van der Waals surface area contributed by atoms with Crippen LogP contribution in [0.5, 0.6) is 0 Å². The number of carbonyl (C=O) groups is 1. The number of thioether (sulfide) groups is 1. The SMILES string of the molecule is CCC1CN(C(=O)CNc2ccccc2)CCS1.Cl. The van der Waals surface area contributed by atoms with Gasteiger partial charge in [0.2, 0.25) is 5.91 Å². The van der Waals surface area contributed by atoms with Gasteiger partial charge < -0.3 is 10.2 Å². The third-order valence-corrected chi connectivity index (χ3v) is 4.54. The van der Waals surface area contributed by atoms with Gasteiger partial charge in [0.05, 0.1) is 6.54 Å². The number of nitrogens with zero attached hydrogens (tertiary/aromatic N) is 1. The first-order valence-electron chi connectivity index (χ1n) is 6.48. The highest BCUT2D eigenvalue weighted by molar-refractivity contribution is 8.00. The van der Waals surface area contributed by atoms with Gasteiger partial charge in [-0.2, -0.15) is 11.8 Å². The molecule has 3 nitrogen and oxygen atoms in total. The number of anilines is 1. The summed E-state index contributed by atoms with van der Waals surface area (Å²) in [7, 11) is 0. The van der Waals surface area contributed by atoms with E-state index in [4.69, 9.17) is 0 Å². The second-order valence-corrected chi connectivity index (χ2v) is 5.87. The molecule has 1 saturated heterocycles.